The van der Waals surface area contributed by atoms with Gasteiger partial charge in [-0.25, -0.2) is 18.5 Å². The predicted molar refractivity (Wildman–Crippen MR) is 65.4 cm³/mol. The number of hydrogen-bond donors (Lipinski definition) is 3. The van der Waals surface area contributed by atoms with Crippen LogP contribution in [0.4, 0.5) is 5.13 Å². The van der Waals surface area contributed by atoms with Crippen molar-refractivity contribution in [2.24, 2.45) is 11.1 Å². The first kappa shape index (κ1) is 12.7. The zero-order chi connectivity index (χ0) is 12.6. The zero-order valence-corrected chi connectivity index (χ0v) is 11.0. The second-order valence-corrected chi connectivity index (χ2v) is 7.06. The second-order valence-electron chi connectivity index (χ2n) is 4.31. The van der Waals surface area contributed by atoms with Crippen LogP contribution in [0.15, 0.2) is 4.21 Å². The summed E-state index contributed by atoms with van der Waals surface area (Å²) in [5.74, 6) is 0.437. The first-order chi connectivity index (χ1) is 7.86. The second kappa shape index (κ2) is 4.52. The summed E-state index contributed by atoms with van der Waals surface area (Å²) in [7, 11) is -3.68. The van der Waals surface area contributed by atoms with Gasteiger partial charge in [0.1, 0.15) is 0 Å². The Morgan fingerprint density at radius 2 is 2.24 bits per heavy atom. The Bertz CT molecular complexity index is 506. The van der Waals surface area contributed by atoms with Gasteiger partial charge in [0.2, 0.25) is 10.0 Å². The number of aliphatic hydroxyl groups excluding tert-OH is 1. The molecule has 0 aromatic carbocycles. The van der Waals surface area contributed by atoms with E-state index >= 15 is 0 Å². The summed E-state index contributed by atoms with van der Waals surface area (Å²) in [6, 6.07) is 0. The summed E-state index contributed by atoms with van der Waals surface area (Å²) in [6.07, 6.45) is 1.40. The number of nitrogens with one attached hydrogen (secondary N) is 1. The van der Waals surface area contributed by atoms with Crippen molar-refractivity contribution in [1.82, 2.24) is 4.98 Å². The highest BCUT2D eigenvalue weighted by molar-refractivity contribution is 7.91. The lowest BCUT2D eigenvalue weighted by Gasteiger charge is -2.31. The number of nitrogens with zero attached hydrogens (tertiary/aromatic N) is 1. The fourth-order valence-corrected chi connectivity index (χ4v) is 3.69. The molecule has 0 saturated heterocycles. The summed E-state index contributed by atoms with van der Waals surface area (Å²) < 4.78 is 22.5. The van der Waals surface area contributed by atoms with E-state index in [0.29, 0.717) is 23.3 Å². The van der Waals surface area contributed by atoms with Gasteiger partial charge in [-0.05, 0) is 25.7 Å². The maximum atomic E-state index is 11.2. The van der Waals surface area contributed by atoms with Gasteiger partial charge in [0, 0.05) is 6.54 Å². The summed E-state index contributed by atoms with van der Waals surface area (Å²) >= 11 is 1.05. The summed E-state index contributed by atoms with van der Waals surface area (Å²) in [4.78, 5) is 4.11. The minimum absolute atomic E-state index is 0.105. The van der Waals surface area contributed by atoms with Gasteiger partial charge in [-0.2, -0.15) is 0 Å². The molecule has 0 radical (unpaired) electrons. The number of anilines is 1. The summed E-state index contributed by atoms with van der Waals surface area (Å²) in [5, 5.41) is 17.8. The van der Waals surface area contributed by atoms with Crippen molar-refractivity contribution >= 4 is 26.5 Å². The van der Waals surface area contributed by atoms with Gasteiger partial charge in [-0.3, -0.25) is 0 Å². The maximum Gasteiger partial charge on any atom is 0.249 e. The molecule has 2 rings (SSSR count). The third kappa shape index (κ3) is 2.95. The van der Waals surface area contributed by atoms with Crippen molar-refractivity contribution in [3.8, 4) is 0 Å². The normalized spacial score (nSPS) is 24.4. The van der Waals surface area contributed by atoms with Crippen LogP contribution >= 0.6 is 11.3 Å². The van der Waals surface area contributed by atoms with Crippen LogP contribution in [-0.4, -0.2) is 31.2 Å². The average Bonchev–Trinajstić information content (AvgIpc) is 2.52. The Morgan fingerprint density at radius 1 is 1.59 bits per heavy atom. The number of aromatic nitrogens is 1. The van der Waals surface area contributed by atoms with E-state index in [0.717, 1.165) is 24.2 Å². The van der Waals surface area contributed by atoms with E-state index in [1.165, 1.54) is 0 Å². The molecule has 0 atom stereocenters. The summed E-state index contributed by atoms with van der Waals surface area (Å²) in [6.45, 7) is 2.32. The van der Waals surface area contributed by atoms with E-state index in [-0.39, 0.29) is 10.3 Å². The average molecular weight is 277 g/mol. The first-order valence-corrected chi connectivity index (χ1v) is 7.64. The lowest BCUT2D eigenvalue weighted by Crippen LogP contribution is -2.33. The SMILES string of the molecule is Cc1nc(NCC2CC(O)C2)sc1S(N)(=O)=O. The van der Waals surface area contributed by atoms with Crippen LogP contribution in [0.1, 0.15) is 18.5 Å². The summed E-state index contributed by atoms with van der Waals surface area (Å²) in [5.41, 5.74) is 0.425. The molecule has 1 aromatic rings. The number of aryl methyl sites for hydroxylation is 1. The molecule has 0 spiro atoms. The fraction of sp³-hybridized carbons (Fsp3) is 0.667. The minimum atomic E-state index is -3.68. The van der Waals surface area contributed by atoms with Gasteiger partial charge >= 0.3 is 0 Å². The highest BCUT2D eigenvalue weighted by atomic mass is 32.2. The molecule has 1 saturated carbocycles. The maximum absolute atomic E-state index is 11.2. The van der Waals surface area contributed by atoms with Crippen molar-refractivity contribution in [1.29, 1.82) is 0 Å². The Hall–Kier alpha value is -0.700. The van der Waals surface area contributed by atoms with Crippen molar-refractivity contribution in [2.45, 2.75) is 30.1 Å². The van der Waals surface area contributed by atoms with Crippen LogP contribution in [0.25, 0.3) is 0 Å². The number of aliphatic hydroxyl groups is 1. The molecular weight excluding hydrogens is 262 g/mol. The standard InChI is InChI=1S/C9H15N3O3S2/c1-5-8(17(10,14)15)16-9(12-5)11-4-6-2-7(13)3-6/h6-7,13H,2-4H2,1H3,(H,11,12)(H2,10,14,15). The van der Waals surface area contributed by atoms with Gasteiger partial charge in [0.05, 0.1) is 11.8 Å². The first-order valence-electron chi connectivity index (χ1n) is 5.28. The lowest BCUT2D eigenvalue weighted by atomic mass is 9.82. The number of rotatable bonds is 4. The topological polar surface area (TPSA) is 105 Å². The molecular formula is C9H15N3O3S2. The molecule has 17 heavy (non-hydrogen) atoms. The minimum Gasteiger partial charge on any atom is -0.393 e. The van der Waals surface area contributed by atoms with E-state index in [1.807, 2.05) is 0 Å². The van der Waals surface area contributed by atoms with Gasteiger partial charge < -0.3 is 10.4 Å². The highest BCUT2D eigenvalue weighted by Gasteiger charge is 2.27. The zero-order valence-electron chi connectivity index (χ0n) is 9.38. The van der Waals surface area contributed by atoms with E-state index in [9.17, 15) is 8.42 Å². The molecule has 0 amide bonds. The van der Waals surface area contributed by atoms with Crippen LogP contribution in [0.5, 0.6) is 0 Å². The van der Waals surface area contributed by atoms with Gasteiger partial charge in [0.25, 0.3) is 0 Å². The fourth-order valence-electron chi connectivity index (χ4n) is 1.82. The van der Waals surface area contributed by atoms with Gasteiger partial charge in [-0.15, -0.1) is 0 Å². The van der Waals surface area contributed by atoms with Crippen molar-refractivity contribution in [2.75, 3.05) is 11.9 Å². The highest BCUT2D eigenvalue weighted by Crippen LogP contribution is 2.29. The van der Waals surface area contributed by atoms with Gasteiger partial charge in [-0.1, -0.05) is 11.3 Å². The van der Waals surface area contributed by atoms with Crippen molar-refractivity contribution < 1.29 is 13.5 Å². The molecule has 4 N–H and O–H groups in total. The van der Waals surface area contributed by atoms with Crippen molar-refractivity contribution in [3.05, 3.63) is 5.69 Å². The molecule has 1 heterocycles. The van der Waals surface area contributed by atoms with Crippen LogP contribution in [0, 0.1) is 12.8 Å². The number of hydrogen-bond acceptors (Lipinski definition) is 6. The molecule has 6 nitrogen and oxygen atoms in total. The van der Waals surface area contributed by atoms with Crippen LogP contribution in [0.2, 0.25) is 0 Å². The lowest BCUT2D eigenvalue weighted by molar-refractivity contribution is 0.0487. The largest absolute Gasteiger partial charge is 0.393 e. The Balaban J connectivity index is 1.98. The molecule has 1 aliphatic rings. The van der Waals surface area contributed by atoms with E-state index in [4.69, 9.17) is 10.2 Å². The molecule has 96 valence electrons. The third-order valence-corrected chi connectivity index (χ3v) is 5.43. The third-order valence-electron chi connectivity index (χ3n) is 2.77. The Morgan fingerprint density at radius 3 is 2.71 bits per heavy atom. The molecule has 0 bridgehead atoms. The quantitative estimate of drug-likeness (QED) is 0.733. The Labute approximate surface area is 104 Å². The predicted octanol–water partition coefficient (Wildman–Crippen LogP) is 0.282. The van der Waals surface area contributed by atoms with E-state index in [1.54, 1.807) is 6.92 Å². The monoisotopic (exact) mass is 277 g/mol. The molecule has 8 heteroatoms. The van der Waals surface area contributed by atoms with E-state index in [2.05, 4.69) is 10.3 Å². The van der Waals surface area contributed by atoms with E-state index < -0.39 is 10.0 Å². The number of nitrogens with two attached hydrogens (primary N) is 1. The van der Waals surface area contributed by atoms with Crippen LogP contribution < -0.4 is 10.5 Å². The number of sulfonamides is 1. The molecule has 0 unspecified atom stereocenters. The van der Waals surface area contributed by atoms with Gasteiger partial charge in [0.15, 0.2) is 9.34 Å². The molecule has 1 aromatic heterocycles. The van der Waals surface area contributed by atoms with Crippen LogP contribution in [-0.2, 0) is 10.0 Å². The van der Waals surface area contributed by atoms with Crippen LogP contribution in [0.3, 0.4) is 0 Å². The van der Waals surface area contributed by atoms with Crippen molar-refractivity contribution in [3.63, 3.8) is 0 Å². The Kier molecular flexibility index (Phi) is 3.39. The molecule has 1 fully saturated rings. The number of primary sulfonamides is 1. The number of thiazole rings is 1. The molecule has 1 aliphatic carbocycles. The smallest absolute Gasteiger partial charge is 0.249 e. The molecule has 0 aliphatic heterocycles.